The predicted octanol–water partition coefficient (Wildman–Crippen LogP) is 5.45. The largest absolute Gasteiger partial charge is 0.481 e. The first kappa shape index (κ1) is 81.7. The lowest BCUT2D eigenvalue weighted by atomic mass is 10.0. The Balaban J connectivity index is 3.73. The maximum atomic E-state index is 12.9. The molecule has 0 heterocycles. The second kappa shape index (κ2) is 59.6. The molecule has 0 saturated carbocycles. The summed E-state index contributed by atoms with van der Waals surface area (Å²) in [5.74, 6) is -2.56. The first-order chi connectivity index (χ1) is 41.5. The molecule has 0 rings (SSSR count). The molecule has 0 aliphatic carbocycles. The van der Waals surface area contributed by atoms with Gasteiger partial charge < -0.3 is 75.9 Å². The highest BCUT2D eigenvalue weighted by Crippen LogP contribution is 2.15. The first-order valence-corrected chi connectivity index (χ1v) is 33.7. The van der Waals surface area contributed by atoms with Gasteiger partial charge in [-0.15, -0.1) is 23.5 Å². The number of unbranched alkanes of at least 4 members (excludes halogenated alkanes) is 14. The van der Waals surface area contributed by atoms with E-state index in [0.29, 0.717) is 95.7 Å². The van der Waals surface area contributed by atoms with Gasteiger partial charge in [-0.05, 0) is 55.4 Å². The Morgan fingerprint density at radius 1 is 0.326 bits per heavy atom. The van der Waals surface area contributed by atoms with Crippen molar-refractivity contribution in [1.82, 2.24) is 37.2 Å². The summed E-state index contributed by atoms with van der Waals surface area (Å²) < 4.78 is 32.9. The summed E-state index contributed by atoms with van der Waals surface area (Å²) in [6, 6.07) is -1.69. The third-order valence-corrected chi connectivity index (χ3v) is 15.1. The molecule has 0 unspecified atom stereocenters. The zero-order valence-electron chi connectivity index (χ0n) is 52.5. The molecule has 0 spiro atoms. The van der Waals surface area contributed by atoms with E-state index in [1.54, 1.807) is 11.8 Å². The normalized spacial score (nSPS) is 11.9. The lowest BCUT2D eigenvalue weighted by Gasteiger charge is -2.19. The van der Waals surface area contributed by atoms with Gasteiger partial charge in [-0.3, -0.25) is 38.4 Å². The number of carboxylic acids is 2. The number of nitrogens with one attached hydrogen (secondary N) is 7. The molecule has 0 aliphatic heterocycles. The summed E-state index contributed by atoms with van der Waals surface area (Å²) in [6.07, 6.45) is 18.6. The Morgan fingerprint density at radius 3 is 1.10 bits per heavy atom. The predicted molar refractivity (Wildman–Crippen MR) is 335 cm³/mol. The Hall–Kier alpha value is -4.31. The number of aliphatic carboxylic acids is 2. The van der Waals surface area contributed by atoms with E-state index >= 15 is 0 Å². The van der Waals surface area contributed by atoms with Crippen LogP contribution in [0.3, 0.4) is 0 Å². The van der Waals surface area contributed by atoms with E-state index in [1.165, 1.54) is 56.7 Å². The lowest BCUT2D eigenvalue weighted by molar-refractivity contribution is -0.142. The Morgan fingerprint density at radius 2 is 0.674 bits per heavy atom. The van der Waals surface area contributed by atoms with Crippen molar-refractivity contribution in [3.05, 3.63) is 0 Å². The summed E-state index contributed by atoms with van der Waals surface area (Å²) in [5, 5.41) is 38.3. The molecule has 0 aromatic rings. The highest BCUT2D eigenvalue weighted by atomic mass is 32.2. The minimum Gasteiger partial charge on any atom is -0.481 e. The van der Waals surface area contributed by atoms with Crippen LogP contribution in [0.4, 0.5) is 0 Å². The van der Waals surface area contributed by atoms with E-state index < -0.39 is 24.0 Å². The van der Waals surface area contributed by atoms with Crippen molar-refractivity contribution >= 4 is 76.8 Å². The molecule has 0 aromatic heterocycles. The van der Waals surface area contributed by atoms with Gasteiger partial charge in [-0.2, -0.15) is 0 Å². The Bertz CT molecular complexity index is 1790. The molecule has 7 amide bonds. The second-order valence-corrected chi connectivity index (χ2v) is 24.5. The van der Waals surface area contributed by atoms with Crippen molar-refractivity contribution in [2.75, 3.05) is 124 Å². The third kappa shape index (κ3) is 58.7. The fourth-order valence-corrected chi connectivity index (χ4v) is 9.26. The van der Waals surface area contributed by atoms with E-state index in [2.05, 4.69) is 37.2 Å². The van der Waals surface area contributed by atoms with Gasteiger partial charge in [0.1, 0.15) is 12.1 Å². The number of hydrogen-bond acceptors (Lipinski definition) is 17. The lowest BCUT2D eigenvalue weighted by Crippen LogP contribution is -2.48. The van der Waals surface area contributed by atoms with Gasteiger partial charge in [-0.1, -0.05) is 105 Å². The summed E-state index contributed by atoms with van der Waals surface area (Å²) in [4.78, 5) is 109. The van der Waals surface area contributed by atoms with Crippen molar-refractivity contribution in [3.8, 4) is 0 Å². The Labute approximate surface area is 521 Å². The zero-order chi connectivity index (χ0) is 63.5. The molecule has 0 fully saturated rings. The molecule has 0 aliphatic rings. The number of rotatable bonds is 63. The van der Waals surface area contributed by atoms with Gasteiger partial charge in [0.05, 0.1) is 90.8 Å². The van der Waals surface area contributed by atoms with E-state index in [4.69, 9.17) is 33.5 Å². The van der Waals surface area contributed by atoms with Gasteiger partial charge in [0.25, 0.3) is 0 Å². The van der Waals surface area contributed by atoms with Crippen LogP contribution in [0.2, 0.25) is 0 Å². The van der Waals surface area contributed by atoms with Crippen LogP contribution in [0.15, 0.2) is 0 Å². The fourth-order valence-electron chi connectivity index (χ4n) is 8.10. The van der Waals surface area contributed by atoms with Gasteiger partial charge in [0, 0.05) is 64.8 Å². The van der Waals surface area contributed by atoms with Crippen LogP contribution >= 0.6 is 23.5 Å². The topological polar surface area (TPSA) is 334 Å². The molecule has 500 valence electrons. The van der Waals surface area contributed by atoms with Crippen molar-refractivity contribution in [1.29, 1.82) is 0 Å². The van der Waals surface area contributed by atoms with Crippen LogP contribution in [0.25, 0.3) is 0 Å². The molecule has 0 bridgehead atoms. The average Bonchev–Trinajstić information content (AvgIpc) is 3.48. The van der Waals surface area contributed by atoms with Crippen LogP contribution in [-0.2, 0) is 71.6 Å². The van der Waals surface area contributed by atoms with Gasteiger partial charge >= 0.3 is 11.9 Å². The molecule has 86 heavy (non-hydrogen) atoms. The number of thioether (sulfide) groups is 2. The van der Waals surface area contributed by atoms with E-state index in [0.717, 1.165) is 44.9 Å². The number of hydrogen-bond donors (Lipinski definition) is 9. The van der Waals surface area contributed by atoms with Crippen LogP contribution in [0.5, 0.6) is 0 Å². The summed E-state index contributed by atoms with van der Waals surface area (Å²) >= 11 is 3.04. The average molecular weight is 1270 g/mol. The first-order valence-electron chi connectivity index (χ1n) is 31.6. The maximum Gasteiger partial charge on any atom is 0.326 e. The quantitative estimate of drug-likeness (QED) is 0.0342. The molecule has 0 radical (unpaired) electrons. The van der Waals surface area contributed by atoms with E-state index in [1.807, 2.05) is 27.7 Å². The number of ether oxygens (including phenoxy) is 6. The number of carbonyl (C=O) groups excluding carboxylic acids is 7. The monoisotopic (exact) mass is 1270 g/mol. The van der Waals surface area contributed by atoms with Crippen molar-refractivity contribution < 1.29 is 81.8 Å². The third-order valence-electron chi connectivity index (χ3n) is 12.9. The number of amides is 7. The van der Waals surface area contributed by atoms with E-state index in [-0.39, 0.29) is 144 Å². The summed E-state index contributed by atoms with van der Waals surface area (Å²) in [7, 11) is 0. The Kier molecular flexibility index (Phi) is 56.7. The van der Waals surface area contributed by atoms with Gasteiger partial charge in [0.2, 0.25) is 41.4 Å². The molecule has 24 nitrogen and oxygen atoms in total. The number of carbonyl (C=O) groups is 9. The molecular weight excluding hydrogens is 1150 g/mol. The number of carboxylic acid groups (broad SMARTS) is 2. The second-order valence-electron chi connectivity index (χ2n) is 21.4. The molecule has 0 saturated heterocycles. The van der Waals surface area contributed by atoms with E-state index in [9.17, 15) is 48.3 Å². The molecule has 0 aromatic carbocycles. The molecule has 9 N–H and O–H groups in total. The standard InChI is InChI=1S/C60H111N7O17S2/c1-48(2)85-46-56(72)62-30-21-23-50(66-57(73)47-86-49(3)4)59(76)65-33-39-84-45-42-81-36-28-54(70)64-32-38-83-44-41-80-35-27-53(69)63-31-37-82-43-40-79-34-26-52(68)61-29-20-19-22-51(60(77)78)67-55(71)24-17-15-13-11-9-7-5-6-8-10-12-14-16-18-25-58(74)75/h48-51H,5-47H2,1-4H3,(H,61,68)(H,62,72)(H,63,69)(H,64,70)(H,65,76)(H,66,73)(H,67,71)(H,74,75)(H,77,78)/t50-,51-/m0/s1. The van der Waals surface area contributed by atoms with Crippen molar-refractivity contribution in [2.24, 2.45) is 0 Å². The molecular formula is C60H111N7O17S2. The zero-order valence-corrected chi connectivity index (χ0v) is 54.2. The van der Waals surface area contributed by atoms with Crippen LogP contribution in [0.1, 0.15) is 182 Å². The smallest absolute Gasteiger partial charge is 0.326 e. The SMILES string of the molecule is CC(C)SCC(=O)NCCC[C@H](NC(=O)CSC(C)C)C(=O)NCCOCCOCCC(=O)NCCOCCOCCC(=O)NCCOCCOCCC(=O)NCCCC[C@H](NC(=O)CCCCCCCCCCCCCCCCC(=O)O)C(=O)O. The molecule has 26 heteroatoms. The van der Waals surface area contributed by atoms with Crippen LogP contribution in [-0.4, -0.2) is 210 Å². The van der Waals surface area contributed by atoms with Crippen molar-refractivity contribution in [2.45, 2.75) is 204 Å². The summed E-state index contributed by atoms with van der Waals surface area (Å²) in [6.45, 7) is 12.9. The maximum absolute atomic E-state index is 12.9. The summed E-state index contributed by atoms with van der Waals surface area (Å²) in [5.41, 5.74) is 0. The van der Waals surface area contributed by atoms with Gasteiger partial charge in [-0.25, -0.2) is 4.79 Å². The minimum absolute atomic E-state index is 0.0584. The van der Waals surface area contributed by atoms with Crippen molar-refractivity contribution in [3.63, 3.8) is 0 Å². The minimum atomic E-state index is -1.07. The van der Waals surface area contributed by atoms with Crippen LogP contribution < -0.4 is 37.2 Å². The highest BCUT2D eigenvalue weighted by molar-refractivity contribution is 8.00. The fraction of sp³-hybridized carbons (Fsp3) is 0.850. The van der Waals surface area contributed by atoms with Crippen LogP contribution in [0, 0.1) is 0 Å². The highest BCUT2D eigenvalue weighted by Gasteiger charge is 2.22. The van der Waals surface area contributed by atoms with Gasteiger partial charge in [0.15, 0.2) is 0 Å². The molecule has 2 atom stereocenters.